The molecule has 0 radical (unpaired) electrons. The smallest absolute Gasteiger partial charge is 0.227 e. The summed E-state index contributed by atoms with van der Waals surface area (Å²) in [5.74, 6) is 2.28. The van der Waals surface area contributed by atoms with Crippen molar-refractivity contribution in [2.75, 3.05) is 14.2 Å². The van der Waals surface area contributed by atoms with Gasteiger partial charge in [-0.05, 0) is 61.4 Å². The highest BCUT2D eigenvalue weighted by Crippen LogP contribution is 2.45. The third kappa shape index (κ3) is 6.36. The molecule has 0 aliphatic heterocycles. The van der Waals surface area contributed by atoms with Crippen molar-refractivity contribution in [3.63, 3.8) is 0 Å². The minimum atomic E-state index is -1.01. The largest absolute Gasteiger partial charge is 0.493 e. The van der Waals surface area contributed by atoms with Gasteiger partial charge in [0.05, 0.1) is 37.6 Å². The molecule has 0 heterocycles. The van der Waals surface area contributed by atoms with Crippen molar-refractivity contribution in [3.05, 3.63) is 81.3 Å². The topological polar surface area (TPSA) is 97.1 Å². The fourth-order valence-corrected chi connectivity index (χ4v) is 4.97. The Kier molecular flexibility index (Phi) is 9.93. The molecule has 0 N–H and O–H groups in total. The number of carbonyl (C=O) groups is 1. The third-order valence-electron chi connectivity index (χ3n) is 7.02. The molecule has 8 heteroatoms. The molecule has 1 aliphatic carbocycles. The van der Waals surface area contributed by atoms with E-state index in [9.17, 15) is 14.9 Å². The predicted octanol–water partition coefficient (Wildman–Crippen LogP) is 6.96. The van der Waals surface area contributed by atoms with Gasteiger partial charge in [-0.25, -0.2) is 0 Å². The van der Waals surface area contributed by atoms with Crippen molar-refractivity contribution in [1.29, 1.82) is 0 Å². The van der Waals surface area contributed by atoms with Crippen LogP contribution >= 0.6 is 0 Å². The lowest BCUT2D eigenvalue weighted by molar-refractivity contribution is -0.532. The molecule has 2 aromatic rings. The van der Waals surface area contributed by atoms with E-state index in [2.05, 4.69) is 0 Å². The van der Waals surface area contributed by atoms with Crippen LogP contribution in [0.25, 0.3) is 0 Å². The average molecular weight is 524 g/mol. The molecule has 0 bridgehead atoms. The summed E-state index contributed by atoms with van der Waals surface area (Å²) in [5.41, 5.74) is 1.33. The molecule has 38 heavy (non-hydrogen) atoms. The van der Waals surface area contributed by atoms with Crippen LogP contribution in [0.4, 0.5) is 0 Å². The van der Waals surface area contributed by atoms with Gasteiger partial charge in [0.15, 0.2) is 23.0 Å². The number of ketones is 1. The monoisotopic (exact) mass is 523 g/mol. The average Bonchev–Trinajstić information content (AvgIpc) is 2.93. The van der Waals surface area contributed by atoms with E-state index in [4.69, 9.17) is 18.9 Å². The minimum absolute atomic E-state index is 0.0268. The molecule has 0 saturated heterocycles. The fraction of sp³-hybridized carbons (Fsp3) is 0.433. The number of rotatable bonds is 11. The van der Waals surface area contributed by atoms with Crippen molar-refractivity contribution in [1.82, 2.24) is 0 Å². The normalized spacial score (nSPS) is 20.2. The Bertz CT molecular complexity index is 1130. The predicted molar refractivity (Wildman–Crippen MR) is 146 cm³/mol. The van der Waals surface area contributed by atoms with E-state index in [1.165, 1.54) is 14.2 Å². The second kappa shape index (κ2) is 13.1. The lowest BCUT2D eigenvalue weighted by atomic mass is 9.71. The molecule has 2 atom stereocenters. The first-order chi connectivity index (χ1) is 18.3. The Morgan fingerprint density at radius 2 is 1.26 bits per heavy atom. The molecule has 0 amide bonds. The molecule has 2 unspecified atom stereocenters. The Morgan fingerprint density at radius 3 is 1.58 bits per heavy atom. The fourth-order valence-electron chi connectivity index (χ4n) is 4.97. The quantitative estimate of drug-likeness (QED) is 0.178. The van der Waals surface area contributed by atoms with Crippen LogP contribution in [0.3, 0.4) is 0 Å². The van der Waals surface area contributed by atoms with Gasteiger partial charge in [-0.1, -0.05) is 26.0 Å². The van der Waals surface area contributed by atoms with Crippen LogP contribution in [0.1, 0.15) is 76.3 Å². The first-order valence-electron chi connectivity index (χ1n) is 13.0. The number of carbonyl (C=O) groups excluding carboxylic acids is 1. The number of nitro groups is 1. The number of hydrogen-bond donors (Lipinski definition) is 0. The first kappa shape index (κ1) is 28.8. The molecule has 0 spiro atoms. The van der Waals surface area contributed by atoms with E-state index in [1.54, 1.807) is 36.4 Å². The molecule has 0 aromatic heterocycles. The number of ether oxygens (including phenoxy) is 4. The standard InChI is InChI=1S/C30H37NO7/c1-7-22(8-2)37-26-13-11-19(15-28(26)35-5)24-17-21(32)18-25(30(24)31(33)34)20-12-14-27(29(16-20)36-6)38-23(9-3)10-4/h7,9,11-16,24-25,30H,8,10,17-18H2,1-6H3. The van der Waals surface area contributed by atoms with Crippen LogP contribution in [0.15, 0.2) is 60.1 Å². The lowest BCUT2D eigenvalue weighted by Gasteiger charge is -2.32. The Labute approximate surface area is 224 Å². The van der Waals surface area contributed by atoms with Gasteiger partial charge >= 0.3 is 0 Å². The molecular formula is C30H37NO7. The Balaban J connectivity index is 2.01. The van der Waals surface area contributed by atoms with Crippen molar-refractivity contribution in [3.8, 4) is 23.0 Å². The van der Waals surface area contributed by atoms with Gasteiger partial charge in [-0.2, -0.15) is 0 Å². The zero-order valence-corrected chi connectivity index (χ0v) is 23.0. The van der Waals surface area contributed by atoms with Crippen LogP contribution in [0, 0.1) is 10.1 Å². The van der Waals surface area contributed by atoms with E-state index in [0.29, 0.717) is 47.0 Å². The van der Waals surface area contributed by atoms with E-state index < -0.39 is 17.9 Å². The van der Waals surface area contributed by atoms with Crippen LogP contribution in [0.2, 0.25) is 0 Å². The van der Waals surface area contributed by atoms with E-state index >= 15 is 0 Å². The number of methoxy groups -OCH3 is 2. The first-order valence-corrected chi connectivity index (χ1v) is 13.0. The van der Waals surface area contributed by atoms with Crippen LogP contribution in [-0.4, -0.2) is 31.0 Å². The van der Waals surface area contributed by atoms with Crippen molar-refractivity contribution in [2.45, 2.75) is 71.3 Å². The van der Waals surface area contributed by atoms with Crippen molar-refractivity contribution in [2.24, 2.45) is 0 Å². The molecule has 8 nitrogen and oxygen atoms in total. The van der Waals surface area contributed by atoms with E-state index in [-0.39, 0.29) is 23.5 Å². The van der Waals surface area contributed by atoms with Gasteiger partial charge in [-0.15, -0.1) is 0 Å². The molecule has 1 fully saturated rings. The van der Waals surface area contributed by atoms with Gasteiger partial charge in [0.2, 0.25) is 6.04 Å². The molecule has 204 valence electrons. The zero-order valence-electron chi connectivity index (χ0n) is 23.0. The third-order valence-corrected chi connectivity index (χ3v) is 7.02. The second-order valence-corrected chi connectivity index (χ2v) is 9.18. The van der Waals surface area contributed by atoms with Gasteiger partial charge in [0.25, 0.3) is 0 Å². The summed E-state index contributed by atoms with van der Waals surface area (Å²) in [6.07, 6.45) is 5.36. The van der Waals surface area contributed by atoms with Gasteiger partial charge in [0, 0.05) is 30.6 Å². The lowest BCUT2D eigenvalue weighted by Crippen LogP contribution is -2.40. The molecular weight excluding hydrogens is 486 g/mol. The molecule has 3 rings (SSSR count). The van der Waals surface area contributed by atoms with Crippen LogP contribution in [-0.2, 0) is 4.79 Å². The van der Waals surface area contributed by atoms with E-state index in [0.717, 1.165) is 11.5 Å². The number of benzene rings is 2. The highest BCUT2D eigenvalue weighted by molar-refractivity contribution is 5.82. The van der Waals surface area contributed by atoms with Crippen molar-refractivity contribution >= 4 is 5.78 Å². The van der Waals surface area contributed by atoms with Crippen LogP contribution in [0.5, 0.6) is 23.0 Å². The summed E-state index contributed by atoms with van der Waals surface area (Å²) in [6.45, 7) is 7.77. The summed E-state index contributed by atoms with van der Waals surface area (Å²) in [7, 11) is 3.06. The number of nitrogens with zero attached hydrogens (tertiary/aromatic N) is 1. The maximum Gasteiger partial charge on any atom is 0.227 e. The minimum Gasteiger partial charge on any atom is -0.493 e. The molecule has 1 saturated carbocycles. The summed E-state index contributed by atoms with van der Waals surface area (Å²) in [4.78, 5) is 25.2. The second-order valence-electron chi connectivity index (χ2n) is 9.18. The zero-order chi connectivity index (χ0) is 27.8. The maximum atomic E-state index is 12.9. The van der Waals surface area contributed by atoms with Gasteiger partial charge in [-0.3, -0.25) is 14.9 Å². The van der Waals surface area contributed by atoms with Crippen molar-refractivity contribution < 1.29 is 28.7 Å². The summed E-state index contributed by atoms with van der Waals surface area (Å²) in [6, 6.07) is 9.56. The van der Waals surface area contributed by atoms with E-state index in [1.807, 2.05) is 39.8 Å². The Morgan fingerprint density at radius 1 is 0.842 bits per heavy atom. The summed E-state index contributed by atoms with van der Waals surface area (Å²) < 4.78 is 23.0. The van der Waals surface area contributed by atoms with Gasteiger partial charge < -0.3 is 18.9 Å². The highest BCUT2D eigenvalue weighted by atomic mass is 16.6. The maximum absolute atomic E-state index is 12.9. The summed E-state index contributed by atoms with van der Waals surface area (Å²) >= 11 is 0. The van der Waals surface area contributed by atoms with Crippen LogP contribution < -0.4 is 18.9 Å². The number of hydrogen-bond acceptors (Lipinski definition) is 7. The number of allylic oxidation sites excluding steroid dienone is 4. The molecule has 2 aromatic carbocycles. The van der Waals surface area contributed by atoms with Gasteiger partial charge in [0.1, 0.15) is 5.78 Å². The number of Topliss-reactive ketones (excluding diaryl/α,β-unsaturated/α-hetero) is 1. The highest BCUT2D eigenvalue weighted by Gasteiger charge is 2.47. The SMILES string of the molecule is CC=C(CC)Oc1ccc(C2CC(=O)CC(c3ccc(OC(=CC)CC)c(OC)c3)C2[N+](=O)[O-])cc1OC. The Hall–Kier alpha value is -3.81. The summed E-state index contributed by atoms with van der Waals surface area (Å²) in [5, 5.41) is 12.5. The molecule has 1 aliphatic rings.